The molecular formula is C16H18F6N2O3. The van der Waals surface area contributed by atoms with Crippen LogP contribution in [0.25, 0.3) is 0 Å². The number of amides is 1. The number of halogens is 6. The molecule has 0 spiro atoms. The van der Waals surface area contributed by atoms with Crippen molar-refractivity contribution in [1.82, 2.24) is 10.6 Å². The quantitative estimate of drug-likeness (QED) is 0.679. The number of aliphatic carboxylic acids is 1. The average molecular weight is 400 g/mol. The molecule has 1 aromatic carbocycles. The number of benzene rings is 1. The van der Waals surface area contributed by atoms with E-state index in [9.17, 15) is 31.1 Å². The van der Waals surface area contributed by atoms with Crippen LogP contribution in [0.2, 0.25) is 0 Å². The lowest BCUT2D eigenvalue weighted by Crippen LogP contribution is -2.44. The summed E-state index contributed by atoms with van der Waals surface area (Å²) in [7, 11) is 0. The Bertz CT molecular complexity index is 646. The largest absolute Gasteiger partial charge is 0.490 e. The smallest absolute Gasteiger partial charge is 0.475 e. The molecule has 1 saturated heterocycles. The third-order valence-electron chi connectivity index (χ3n) is 3.59. The molecule has 1 heterocycles. The molecule has 1 amide bonds. The zero-order valence-corrected chi connectivity index (χ0v) is 14.0. The first kappa shape index (κ1) is 22.7. The van der Waals surface area contributed by atoms with E-state index in [1.165, 1.54) is 12.1 Å². The highest BCUT2D eigenvalue weighted by Gasteiger charge is 2.38. The van der Waals surface area contributed by atoms with E-state index >= 15 is 0 Å². The van der Waals surface area contributed by atoms with Crippen LogP contribution in [0.4, 0.5) is 26.3 Å². The van der Waals surface area contributed by atoms with Crippen LogP contribution in [0, 0.1) is 0 Å². The lowest BCUT2D eigenvalue weighted by atomic mass is 10.0. The summed E-state index contributed by atoms with van der Waals surface area (Å²) in [6.45, 7) is 0.625. The van der Waals surface area contributed by atoms with Crippen LogP contribution in [-0.4, -0.2) is 35.7 Å². The van der Waals surface area contributed by atoms with Crippen molar-refractivity contribution in [2.45, 2.75) is 44.2 Å². The maximum atomic E-state index is 12.8. The molecule has 152 valence electrons. The molecule has 0 unspecified atom stereocenters. The summed E-state index contributed by atoms with van der Waals surface area (Å²) in [4.78, 5) is 20.1. The summed E-state index contributed by atoms with van der Waals surface area (Å²) in [5.41, 5.74) is -0.387. The number of carbonyl (C=O) groups excluding carboxylic acids is 1. The van der Waals surface area contributed by atoms with Crippen LogP contribution in [-0.2, 0) is 22.3 Å². The molecule has 0 radical (unpaired) electrons. The fraction of sp³-hybridized carbons (Fsp3) is 0.500. The molecule has 1 aliphatic rings. The SMILES string of the molecule is O=C(O)C(F)(F)F.O=C1CCC[C@H](CNCc2ccccc2C(F)(F)F)N1. The number of hydrogen-bond donors (Lipinski definition) is 3. The Labute approximate surface area is 150 Å². The minimum absolute atomic E-state index is 0.00861. The van der Waals surface area contributed by atoms with Crippen molar-refractivity contribution in [3.63, 3.8) is 0 Å². The van der Waals surface area contributed by atoms with Crippen LogP contribution in [0.3, 0.4) is 0 Å². The second-order valence-corrected chi connectivity index (χ2v) is 5.75. The summed E-state index contributed by atoms with van der Waals surface area (Å²) in [5, 5.41) is 12.9. The first-order valence-electron chi connectivity index (χ1n) is 7.86. The number of piperidine rings is 1. The van der Waals surface area contributed by atoms with Gasteiger partial charge in [-0.05, 0) is 24.5 Å². The standard InChI is InChI=1S/C14H17F3N2O.C2HF3O2/c15-14(16,17)12-6-2-1-4-10(12)8-18-9-11-5-3-7-13(20)19-11;3-2(4,5)1(6)7/h1-2,4,6,11,18H,3,5,7-9H2,(H,19,20);(H,6,7)/t11-;/m1./s1. The Morgan fingerprint density at radius 1 is 1.19 bits per heavy atom. The number of nitrogens with one attached hydrogen (secondary N) is 2. The van der Waals surface area contributed by atoms with Gasteiger partial charge in [0.1, 0.15) is 0 Å². The van der Waals surface area contributed by atoms with E-state index in [2.05, 4.69) is 10.6 Å². The van der Waals surface area contributed by atoms with E-state index in [0.717, 1.165) is 18.9 Å². The van der Waals surface area contributed by atoms with Gasteiger partial charge in [-0.15, -0.1) is 0 Å². The second-order valence-electron chi connectivity index (χ2n) is 5.75. The van der Waals surface area contributed by atoms with Gasteiger partial charge in [0.15, 0.2) is 0 Å². The minimum atomic E-state index is -5.08. The Hall–Kier alpha value is -2.30. The molecule has 1 aromatic rings. The van der Waals surface area contributed by atoms with Crippen molar-refractivity contribution < 1.29 is 41.0 Å². The molecule has 2 rings (SSSR count). The topological polar surface area (TPSA) is 78.4 Å². The number of carbonyl (C=O) groups is 2. The Morgan fingerprint density at radius 3 is 2.30 bits per heavy atom. The Morgan fingerprint density at radius 2 is 1.78 bits per heavy atom. The van der Waals surface area contributed by atoms with Crippen LogP contribution in [0.15, 0.2) is 24.3 Å². The monoisotopic (exact) mass is 400 g/mol. The molecule has 1 aliphatic heterocycles. The molecule has 1 atom stereocenters. The van der Waals surface area contributed by atoms with E-state index in [4.69, 9.17) is 9.90 Å². The van der Waals surface area contributed by atoms with E-state index < -0.39 is 23.9 Å². The predicted molar refractivity (Wildman–Crippen MR) is 82.6 cm³/mol. The molecule has 3 N–H and O–H groups in total. The van der Waals surface area contributed by atoms with Gasteiger partial charge >= 0.3 is 18.3 Å². The zero-order chi connectivity index (χ0) is 20.7. The average Bonchev–Trinajstić information content (AvgIpc) is 2.54. The molecule has 0 aliphatic carbocycles. The Kier molecular flexibility index (Phi) is 8.07. The first-order chi connectivity index (χ1) is 12.4. The maximum Gasteiger partial charge on any atom is 0.490 e. The number of rotatable bonds is 4. The lowest BCUT2D eigenvalue weighted by Gasteiger charge is -2.23. The molecule has 0 bridgehead atoms. The molecule has 1 fully saturated rings. The van der Waals surface area contributed by atoms with Gasteiger partial charge in [-0.3, -0.25) is 4.79 Å². The minimum Gasteiger partial charge on any atom is -0.475 e. The van der Waals surface area contributed by atoms with Gasteiger partial charge in [0.25, 0.3) is 0 Å². The van der Waals surface area contributed by atoms with Crippen LogP contribution in [0.5, 0.6) is 0 Å². The van der Waals surface area contributed by atoms with E-state index in [0.29, 0.717) is 13.0 Å². The molecule has 0 aromatic heterocycles. The van der Waals surface area contributed by atoms with Gasteiger partial charge < -0.3 is 15.7 Å². The number of carboxylic acids is 1. The molecule has 27 heavy (non-hydrogen) atoms. The van der Waals surface area contributed by atoms with Crippen LogP contribution < -0.4 is 10.6 Å². The van der Waals surface area contributed by atoms with Gasteiger partial charge in [-0.1, -0.05) is 18.2 Å². The number of carboxylic acid groups (broad SMARTS) is 1. The fourth-order valence-electron chi connectivity index (χ4n) is 2.37. The highest BCUT2D eigenvalue weighted by molar-refractivity contribution is 5.76. The van der Waals surface area contributed by atoms with Crippen molar-refractivity contribution in [3.8, 4) is 0 Å². The van der Waals surface area contributed by atoms with Crippen molar-refractivity contribution in [1.29, 1.82) is 0 Å². The highest BCUT2D eigenvalue weighted by Crippen LogP contribution is 2.31. The van der Waals surface area contributed by atoms with Gasteiger partial charge in [-0.2, -0.15) is 26.3 Å². The molecular weight excluding hydrogens is 382 g/mol. The van der Waals surface area contributed by atoms with Gasteiger partial charge in [0.2, 0.25) is 5.91 Å². The van der Waals surface area contributed by atoms with E-state index in [-0.39, 0.29) is 24.1 Å². The summed E-state index contributed by atoms with van der Waals surface area (Å²) >= 11 is 0. The van der Waals surface area contributed by atoms with Crippen molar-refractivity contribution in [2.24, 2.45) is 0 Å². The third kappa shape index (κ3) is 8.29. The van der Waals surface area contributed by atoms with E-state index in [1.54, 1.807) is 6.07 Å². The maximum absolute atomic E-state index is 12.8. The Balaban J connectivity index is 0.000000445. The van der Waals surface area contributed by atoms with Crippen molar-refractivity contribution >= 4 is 11.9 Å². The van der Waals surface area contributed by atoms with Gasteiger partial charge in [0, 0.05) is 25.6 Å². The fourth-order valence-corrected chi connectivity index (χ4v) is 2.37. The predicted octanol–water partition coefficient (Wildman–Crippen LogP) is 3.10. The number of hydrogen-bond acceptors (Lipinski definition) is 3. The number of alkyl halides is 6. The van der Waals surface area contributed by atoms with Crippen LogP contribution >= 0.6 is 0 Å². The summed E-state index contributed by atoms with van der Waals surface area (Å²) < 4.78 is 70.1. The highest BCUT2D eigenvalue weighted by atomic mass is 19.4. The molecule has 0 saturated carbocycles. The normalized spacial score (nSPS) is 17.6. The van der Waals surface area contributed by atoms with Crippen LogP contribution in [0.1, 0.15) is 30.4 Å². The first-order valence-corrected chi connectivity index (χ1v) is 7.86. The van der Waals surface area contributed by atoms with Crippen molar-refractivity contribution in [3.05, 3.63) is 35.4 Å². The third-order valence-corrected chi connectivity index (χ3v) is 3.59. The lowest BCUT2D eigenvalue weighted by molar-refractivity contribution is -0.192. The van der Waals surface area contributed by atoms with E-state index in [1.807, 2.05) is 0 Å². The zero-order valence-electron chi connectivity index (χ0n) is 14.0. The summed E-state index contributed by atoms with van der Waals surface area (Å²) in [6.07, 6.45) is -7.19. The molecule has 5 nitrogen and oxygen atoms in total. The van der Waals surface area contributed by atoms with Gasteiger partial charge in [0.05, 0.1) is 5.56 Å². The van der Waals surface area contributed by atoms with Gasteiger partial charge in [-0.25, -0.2) is 4.79 Å². The summed E-state index contributed by atoms with van der Waals surface area (Å²) in [5.74, 6) is -2.74. The second kappa shape index (κ2) is 9.58. The summed E-state index contributed by atoms with van der Waals surface area (Å²) in [6, 6.07) is 5.53. The van der Waals surface area contributed by atoms with Crippen molar-refractivity contribution in [2.75, 3.05) is 6.54 Å². The molecule has 11 heteroatoms.